The molecule has 2 N–H and O–H groups in total. The van der Waals surface area contributed by atoms with E-state index in [2.05, 4.69) is 10.3 Å². The Kier molecular flexibility index (Phi) is 7.50. The number of nitrogens with one attached hydrogen (secondary N) is 1. The minimum absolute atomic E-state index is 0.0152. The number of halogens is 4. The van der Waals surface area contributed by atoms with Crippen molar-refractivity contribution in [2.45, 2.75) is 12.7 Å². The minimum atomic E-state index is -5.08. The lowest BCUT2D eigenvalue weighted by Gasteiger charge is -2.17. The van der Waals surface area contributed by atoms with Crippen LogP contribution in [0.2, 0.25) is 5.02 Å². The molecule has 3 aromatic rings. The van der Waals surface area contributed by atoms with Crippen LogP contribution in [-0.2, 0) is 11.3 Å². The standard InChI is InChI=1S/C21H14ClN3O3.C2HF3O2/c22-14-9-8-13(18(11-14)24-19(26)17-7-3-4-10-23-17)12-25-20(27)15-5-1-2-6-16(15)21(25)28;3-2(4,5)1(6)7/h1-11H,12H2,(H,24,26);(H,6,7). The molecule has 1 aromatic heterocycles. The molecule has 0 saturated heterocycles. The average Bonchev–Trinajstić information content (AvgIpc) is 3.06. The Bertz CT molecular complexity index is 1260. The van der Waals surface area contributed by atoms with Crippen molar-refractivity contribution in [3.63, 3.8) is 0 Å². The van der Waals surface area contributed by atoms with E-state index >= 15 is 0 Å². The average molecular weight is 506 g/mol. The highest BCUT2D eigenvalue weighted by Gasteiger charge is 2.38. The zero-order valence-corrected chi connectivity index (χ0v) is 18.3. The van der Waals surface area contributed by atoms with Crippen molar-refractivity contribution in [2.24, 2.45) is 0 Å². The lowest BCUT2D eigenvalue weighted by Crippen LogP contribution is -2.29. The number of pyridine rings is 1. The quantitative estimate of drug-likeness (QED) is 0.507. The van der Waals surface area contributed by atoms with E-state index in [-0.39, 0.29) is 24.1 Å². The molecule has 1 aliphatic heterocycles. The maximum atomic E-state index is 12.6. The largest absolute Gasteiger partial charge is 0.490 e. The molecule has 35 heavy (non-hydrogen) atoms. The second-order valence-corrected chi connectivity index (χ2v) is 7.45. The van der Waals surface area contributed by atoms with Gasteiger partial charge in [0.2, 0.25) is 0 Å². The van der Waals surface area contributed by atoms with Crippen molar-refractivity contribution in [1.29, 1.82) is 0 Å². The Balaban J connectivity index is 0.000000429. The van der Waals surface area contributed by atoms with Gasteiger partial charge in [0.1, 0.15) is 5.69 Å². The number of anilines is 1. The molecule has 2 heterocycles. The predicted octanol–water partition coefficient (Wildman–Crippen LogP) is 4.42. The Morgan fingerprint density at radius 3 is 2.06 bits per heavy atom. The van der Waals surface area contributed by atoms with E-state index in [4.69, 9.17) is 21.5 Å². The maximum absolute atomic E-state index is 12.6. The van der Waals surface area contributed by atoms with Gasteiger partial charge in [-0.1, -0.05) is 35.9 Å². The van der Waals surface area contributed by atoms with Crippen LogP contribution in [0.3, 0.4) is 0 Å². The number of imide groups is 1. The molecule has 0 radical (unpaired) electrons. The van der Waals surface area contributed by atoms with Gasteiger partial charge in [0, 0.05) is 16.9 Å². The zero-order valence-electron chi connectivity index (χ0n) is 17.5. The van der Waals surface area contributed by atoms with E-state index in [1.54, 1.807) is 60.7 Å². The smallest absolute Gasteiger partial charge is 0.475 e. The molecule has 0 saturated carbocycles. The van der Waals surface area contributed by atoms with Crippen LogP contribution < -0.4 is 5.32 Å². The third-order valence-corrected chi connectivity index (χ3v) is 4.90. The molecule has 3 amide bonds. The maximum Gasteiger partial charge on any atom is 0.490 e. The number of carbonyl (C=O) groups excluding carboxylic acids is 3. The molecular formula is C23H15ClF3N3O5. The van der Waals surface area contributed by atoms with Gasteiger partial charge in [0.05, 0.1) is 17.7 Å². The van der Waals surface area contributed by atoms with Gasteiger partial charge in [-0.25, -0.2) is 4.79 Å². The van der Waals surface area contributed by atoms with Crippen LogP contribution in [0.5, 0.6) is 0 Å². The summed E-state index contributed by atoms with van der Waals surface area (Å²) in [7, 11) is 0. The lowest BCUT2D eigenvalue weighted by atomic mass is 10.1. The van der Waals surface area contributed by atoms with E-state index in [1.807, 2.05) is 0 Å². The number of aromatic nitrogens is 1. The SMILES string of the molecule is O=C(Nc1cc(Cl)ccc1CN1C(=O)c2ccccc2C1=O)c1ccccn1.O=C(O)C(F)(F)F. The number of fused-ring (bicyclic) bond motifs is 1. The molecule has 0 fully saturated rings. The first-order valence-electron chi connectivity index (χ1n) is 9.75. The summed E-state index contributed by atoms with van der Waals surface area (Å²) in [5.74, 6) is -3.89. The van der Waals surface area contributed by atoms with Crippen LogP contribution in [0, 0.1) is 0 Å². The molecule has 2 aromatic carbocycles. The third-order valence-electron chi connectivity index (χ3n) is 4.67. The Morgan fingerprint density at radius 1 is 0.971 bits per heavy atom. The van der Waals surface area contributed by atoms with E-state index in [9.17, 15) is 27.6 Å². The van der Waals surface area contributed by atoms with Crippen molar-refractivity contribution in [2.75, 3.05) is 5.32 Å². The number of nitrogens with zero attached hydrogens (tertiary/aromatic N) is 2. The molecule has 0 aliphatic carbocycles. The molecule has 0 atom stereocenters. The first kappa shape index (κ1) is 25.4. The summed E-state index contributed by atoms with van der Waals surface area (Å²) in [4.78, 5) is 51.8. The topological polar surface area (TPSA) is 117 Å². The summed E-state index contributed by atoms with van der Waals surface area (Å²) in [6.45, 7) is 0.0152. The third kappa shape index (κ3) is 6.01. The number of amides is 3. The summed E-state index contributed by atoms with van der Waals surface area (Å²) < 4.78 is 31.7. The summed E-state index contributed by atoms with van der Waals surface area (Å²) in [6, 6.07) is 16.6. The van der Waals surface area contributed by atoms with E-state index in [0.717, 1.165) is 4.90 Å². The van der Waals surface area contributed by atoms with Gasteiger partial charge in [0.15, 0.2) is 0 Å². The number of carboxylic acid groups (broad SMARTS) is 1. The number of aliphatic carboxylic acids is 1. The number of alkyl halides is 3. The minimum Gasteiger partial charge on any atom is -0.475 e. The highest BCUT2D eigenvalue weighted by atomic mass is 35.5. The second kappa shape index (κ2) is 10.3. The molecule has 0 unspecified atom stereocenters. The van der Waals surface area contributed by atoms with E-state index < -0.39 is 18.1 Å². The number of carbonyl (C=O) groups is 4. The first-order chi connectivity index (χ1) is 16.5. The lowest BCUT2D eigenvalue weighted by molar-refractivity contribution is -0.192. The molecule has 0 spiro atoms. The molecule has 8 nitrogen and oxygen atoms in total. The van der Waals surface area contributed by atoms with Crippen molar-refractivity contribution in [3.05, 3.63) is 94.3 Å². The van der Waals surface area contributed by atoms with Gasteiger partial charge in [-0.05, 0) is 42.0 Å². The van der Waals surface area contributed by atoms with Crippen LogP contribution in [0.4, 0.5) is 18.9 Å². The second-order valence-electron chi connectivity index (χ2n) is 7.02. The summed E-state index contributed by atoms with van der Waals surface area (Å²) in [5, 5.41) is 10.3. The number of rotatable bonds is 4. The fourth-order valence-electron chi connectivity index (χ4n) is 3.04. The van der Waals surface area contributed by atoms with Gasteiger partial charge >= 0.3 is 12.1 Å². The predicted molar refractivity (Wildman–Crippen MR) is 118 cm³/mol. The Morgan fingerprint density at radius 2 is 1.54 bits per heavy atom. The van der Waals surface area contributed by atoms with Crippen LogP contribution in [0.1, 0.15) is 36.8 Å². The van der Waals surface area contributed by atoms with E-state index in [0.29, 0.717) is 27.4 Å². The molecule has 0 bridgehead atoms. The summed E-state index contributed by atoms with van der Waals surface area (Å²) in [6.07, 6.45) is -3.56. The van der Waals surface area contributed by atoms with Crippen LogP contribution in [-0.4, -0.2) is 44.9 Å². The van der Waals surface area contributed by atoms with Gasteiger partial charge in [-0.3, -0.25) is 24.3 Å². The van der Waals surface area contributed by atoms with Crippen LogP contribution >= 0.6 is 11.6 Å². The number of hydrogen-bond donors (Lipinski definition) is 2. The van der Waals surface area contributed by atoms with Gasteiger partial charge in [0.25, 0.3) is 17.7 Å². The molecular weight excluding hydrogens is 491 g/mol. The number of carboxylic acids is 1. The number of benzene rings is 2. The fraction of sp³-hybridized carbons (Fsp3) is 0.0870. The highest BCUT2D eigenvalue weighted by molar-refractivity contribution is 6.31. The van der Waals surface area contributed by atoms with Crippen LogP contribution in [0.25, 0.3) is 0 Å². The van der Waals surface area contributed by atoms with Crippen molar-refractivity contribution >= 4 is 41.0 Å². The first-order valence-corrected chi connectivity index (χ1v) is 10.1. The zero-order chi connectivity index (χ0) is 25.8. The fourth-order valence-corrected chi connectivity index (χ4v) is 3.21. The Hall–Kier alpha value is -4.25. The Labute approximate surface area is 201 Å². The summed E-state index contributed by atoms with van der Waals surface area (Å²) in [5.41, 5.74) is 2.00. The van der Waals surface area contributed by atoms with Crippen molar-refractivity contribution in [1.82, 2.24) is 9.88 Å². The highest BCUT2D eigenvalue weighted by Crippen LogP contribution is 2.28. The number of hydrogen-bond acceptors (Lipinski definition) is 5. The van der Waals surface area contributed by atoms with Gasteiger partial charge in [-0.15, -0.1) is 0 Å². The van der Waals surface area contributed by atoms with E-state index in [1.165, 1.54) is 6.20 Å². The van der Waals surface area contributed by atoms with Crippen molar-refractivity contribution in [3.8, 4) is 0 Å². The molecule has 180 valence electrons. The van der Waals surface area contributed by atoms with Crippen molar-refractivity contribution < 1.29 is 37.5 Å². The molecule has 1 aliphatic rings. The molecule has 12 heteroatoms. The summed E-state index contributed by atoms with van der Waals surface area (Å²) >= 11 is 6.08. The van der Waals surface area contributed by atoms with Crippen LogP contribution in [0.15, 0.2) is 66.9 Å². The van der Waals surface area contributed by atoms with Gasteiger partial charge in [-0.2, -0.15) is 13.2 Å². The monoisotopic (exact) mass is 505 g/mol. The van der Waals surface area contributed by atoms with Gasteiger partial charge < -0.3 is 10.4 Å². The normalized spacial score (nSPS) is 12.5. The molecule has 4 rings (SSSR count).